The maximum absolute atomic E-state index is 4.50. The number of para-hydroxylation sites is 1. The van der Waals surface area contributed by atoms with E-state index in [9.17, 15) is 0 Å². The van der Waals surface area contributed by atoms with Gasteiger partial charge in [0.2, 0.25) is 0 Å². The zero-order valence-corrected chi connectivity index (χ0v) is 16.1. The Morgan fingerprint density at radius 2 is 1.92 bits per heavy atom. The number of thioether (sulfide) groups is 1. The Bertz CT molecular complexity index is 798. The summed E-state index contributed by atoms with van der Waals surface area (Å²) in [5.41, 5.74) is 4.65. The van der Waals surface area contributed by atoms with Gasteiger partial charge < -0.3 is 10.3 Å². The van der Waals surface area contributed by atoms with Crippen LogP contribution in [-0.2, 0) is 0 Å². The van der Waals surface area contributed by atoms with Crippen molar-refractivity contribution >= 4 is 33.4 Å². The highest BCUT2D eigenvalue weighted by atomic mass is 79.9. The number of anilines is 1. The van der Waals surface area contributed by atoms with Crippen LogP contribution >= 0.6 is 27.7 Å². The molecule has 3 aromatic rings. The molecule has 0 fully saturated rings. The molecule has 0 saturated carbocycles. The van der Waals surface area contributed by atoms with Gasteiger partial charge in [0.15, 0.2) is 5.16 Å². The molecule has 124 valence electrons. The van der Waals surface area contributed by atoms with Crippen LogP contribution in [-0.4, -0.2) is 21.8 Å². The van der Waals surface area contributed by atoms with Gasteiger partial charge in [-0.2, -0.15) is 0 Å². The molecule has 0 aliphatic heterocycles. The molecule has 0 aliphatic carbocycles. The van der Waals surface area contributed by atoms with Crippen molar-refractivity contribution in [3.8, 4) is 11.3 Å². The first kappa shape index (κ1) is 17.1. The minimum atomic E-state index is 0.411. The molecule has 24 heavy (non-hydrogen) atoms. The Morgan fingerprint density at radius 1 is 1.17 bits per heavy atom. The molecule has 0 bridgehead atoms. The average Bonchev–Trinajstić information content (AvgIpc) is 3.03. The van der Waals surface area contributed by atoms with Gasteiger partial charge in [-0.15, -0.1) is 0 Å². The second-order valence-electron chi connectivity index (χ2n) is 5.73. The number of benzene rings is 2. The monoisotopic (exact) mass is 401 g/mol. The highest BCUT2D eigenvalue weighted by Crippen LogP contribution is 2.25. The maximum Gasteiger partial charge on any atom is 0.166 e. The quantitative estimate of drug-likeness (QED) is 0.517. The predicted molar refractivity (Wildman–Crippen MR) is 107 cm³/mol. The van der Waals surface area contributed by atoms with Crippen LogP contribution in [0.1, 0.15) is 12.5 Å². The fourth-order valence-corrected chi connectivity index (χ4v) is 3.49. The van der Waals surface area contributed by atoms with Gasteiger partial charge in [-0.25, -0.2) is 4.98 Å². The smallest absolute Gasteiger partial charge is 0.166 e. The van der Waals surface area contributed by atoms with E-state index in [4.69, 9.17) is 0 Å². The van der Waals surface area contributed by atoms with Crippen molar-refractivity contribution in [2.75, 3.05) is 11.9 Å². The van der Waals surface area contributed by atoms with Crippen molar-refractivity contribution in [2.45, 2.75) is 24.3 Å². The van der Waals surface area contributed by atoms with Crippen LogP contribution < -0.4 is 5.32 Å². The van der Waals surface area contributed by atoms with Gasteiger partial charge in [0.25, 0.3) is 0 Å². The number of nitrogens with one attached hydrogen (secondary N) is 2. The molecule has 5 heteroatoms. The Hall–Kier alpha value is -1.72. The van der Waals surface area contributed by atoms with Gasteiger partial charge in [0, 0.05) is 22.0 Å². The molecule has 0 amide bonds. The van der Waals surface area contributed by atoms with Gasteiger partial charge >= 0.3 is 0 Å². The summed E-state index contributed by atoms with van der Waals surface area (Å²) in [4.78, 5) is 7.89. The Labute approximate surface area is 155 Å². The van der Waals surface area contributed by atoms with Crippen LogP contribution in [0.3, 0.4) is 0 Å². The standard InChI is InChI=1S/C19H20BrN3S/c1-13-5-3-4-6-17(13)21-11-14(2)24-19-22-12-18(23-19)15-7-9-16(20)10-8-15/h3-10,12,14,21H,11H2,1-2H3,(H,22,23)/t14-/m1/s1. The third kappa shape index (κ3) is 4.42. The Balaban J connectivity index is 1.58. The lowest BCUT2D eigenvalue weighted by atomic mass is 10.2. The number of H-pyrrole nitrogens is 1. The maximum atomic E-state index is 4.50. The molecule has 2 aromatic carbocycles. The van der Waals surface area contributed by atoms with Crippen LogP contribution in [0.5, 0.6) is 0 Å². The molecule has 0 aliphatic rings. The third-order valence-electron chi connectivity index (χ3n) is 3.75. The summed E-state index contributed by atoms with van der Waals surface area (Å²) in [7, 11) is 0. The van der Waals surface area contributed by atoms with Gasteiger partial charge in [-0.3, -0.25) is 0 Å². The molecular formula is C19H20BrN3S. The number of aryl methyl sites for hydroxylation is 1. The fraction of sp³-hybridized carbons (Fsp3) is 0.211. The van der Waals surface area contributed by atoms with Gasteiger partial charge in [-0.1, -0.05) is 64.9 Å². The van der Waals surface area contributed by atoms with Gasteiger partial charge in [0.05, 0.1) is 11.9 Å². The van der Waals surface area contributed by atoms with E-state index in [0.717, 1.165) is 27.4 Å². The first-order chi connectivity index (χ1) is 11.6. The number of aromatic amines is 1. The molecule has 0 saturated heterocycles. The number of rotatable bonds is 6. The summed E-state index contributed by atoms with van der Waals surface area (Å²) >= 11 is 5.21. The second kappa shape index (κ2) is 7.90. The number of aromatic nitrogens is 2. The Morgan fingerprint density at radius 3 is 2.67 bits per heavy atom. The molecule has 0 radical (unpaired) electrons. The summed E-state index contributed by atoms with van der Waals surface area (Å²) in [6.45, 7) is 5.22. The van der Waals surface area contributed by atoms with Gasteiger partial charge in [-0.05, 0) is 36.2 Å². The molecular weight excluding hydrogens is 382 g/mol. The van der Waals surface area contributed by atoms with Crippen LogP contribution in [0.15, 0.2) is 64.4 Å². The Kier molecular flexibility index (Phi) is 5.63. The fourth-order valence-electron chi connectivity index (χ4n) is 2.40. The molecule has 3 nitrogen and oxygen atoms in total. The number of nitrogens with zero attached hydrogens (tertiary/aromatic N) is 1. The number of hydrogen-bond acceptors (Lipinski definition) is 3. The topological polar surface area (TPSA) is 40.7 Å². The van der Waals surface area contributed by atoms with E-state index in [0.29, 0.717) is 5.25 Å². The van der Waals surface area contributed by atoms with Crippen molar-refractivity contribution in [1.82, 2.24) is 9.97 Å². The summed E-state index contributed by atoms with van der Waals surface area (Å²) < 4.78 is 1.08. The highest BCUT2D eigenvalue weighted by Gasteiger charge is 2.09. The third-order valence-corrected chi connectivity index (χ3v) is 5.27. The van der Waals surface area contributed by atoms with E-state index >= 15 is 0 Å². The number of imidazole rings is 1. The molecule has 0 unspecified atom stereocenters. The summed E-state index contributed by atoms with van der Waals surface area (Å²) in [6.07, 6.45) is 1.90. The van der Waals surface area contributed by atoms with E-state index in [1.165, 1.54) is 11.3 Å². The van der Waals surface area contributed by atoms with Crippen LogP contribution in [0, 0.1) is 6.92 Å². The SMILES string of the molecule is Cc1ccccc1NC[C@@H](C)Sc1ncc(-c2ccc(Br)cc2)[nH]1. The largest absolute Gasteiger partial charge is 0.384 e. The number of halogens is 1. The lowest BCUT2D eigenvalue weighted by molar-refractivity contribution is 0.972. The molecule has 2 N–H and O–H groups in total. The van der Waals surface area contributed by atoms with E-state index in [1.54, 1.807) is 11.8 Å². The number of hydrogen-bond donors (Lipinski definition) is 2. The zero-order valence-electron chi connectivity index (χ0n) is 13.7. The van der Waals surface area contributed by atoms with Crippen molar-refractivity contribution < 1.29 is 0 Å². The second-order valence-corrected chi connectivity index (χ2v) is 8.08. The van der Waals surface area contributed by atoms with Crippen molar-refractivity contribution in [3.63, 3.8) is 0 Å². The normalized spacial score (nSPS) is 12.1. The summed E-state index contributed by atoms with van der Waals surface area (Å²) in [5.74, 6) is 0. The van der Waals surface area contributed by atoms with Crippen molar-refractivity contribution in [2.24, 2.45) is 0 Å². The summed E-state index contributed by atoms with van der Waals surface area (Å²) in [6, 6.07) is 16.6. The average molecular weight is 402 g/mol. The lowest BCUT2D eigenvalue weighted by Crippen LogP contribution is -2.13. The molecule has 3 rings (SSSR count). The van der Waals surface area contributed by atoms with Crippen LogP contribution in [0.2, 0.25) is 0 Å². The molecule has 1 heterocycles. The highest BCUT2D eigenvalue weighted by molar-refractivity contribution is 9.10. The first-order valence-corrected chi connectivity index (χ1v) is 9.56. The van der Waals surface area contributed by atoms with Gasteiger partial charge in [0.1, 0.15) is 0 Å². The van der Waals surface area contributed by atoms with Crippen molar-refractivity contribution in [3.05, 3.63) is 64.8 Å². The molecule has 0 spiro atoms. The molecule has 1 aromatic heterocycles. The van der Waals surface area contributed by atoms with E-state index < -0.39 is 0 Å². The first-order valence-electron chi connectivity index (χ1n) is 7.89. The minimum Gasteiger partial charge on any atom is -0.384 e. The van der Waals surface area contributed by atoms with E-state index in [1.807, 2.05) is 18.3 Å². The molecule has 1 atom stereocenters. The van der Waals surface area contributed by atoms with Crippen LogP contribution in [0.4, 0.5) is 5.69 Å². The van der Waals surface area contributed by atoms with E-state index in [-0.39, 0.29) is 0 Å². The predicted octanol–water partition coefficient (Wildman–Crippen LogP) is 5.74. The minimum absolute atomic E-state index is 0.411. The lowest BCUT2D eigenvalue weighted by Gasteiger charge is -2.13. The summed E-state index contributed by atoms with van der Waals surface area (Å²) in [5, 5.41) is 4.87. The van der Waals surface area contributed by atoms with E-state index in [2.05, 4.69) is 81.5 Å². The van der Waals surface area contributed by atoms with Crippen molar-refractivity contribution in [1.29, 1.82) is 0 Å². The van der Waals surface area contributed by atoms with Crippen LogP contribution in [0.25, 0.3) is 11.3 Å². The zero-order chi connectivity index (χ0) is 16.9.